The molecule has 2 unspecified atom stereocenters. The molecule has 7 heteroatoms. The number of nitrogens with two attached hydrogens (primary N) is 1. The third kappa shape index (κ3) is 5.41. The molecule has 0 aliphatic carbocycles. The first-order valence-electron chi connectivity index (χ1n) is 7.70. The second kappa shape index (κ2) is 8.78. The Morgan fingerprint density at radius 3 is 2.56 bits per heavy atom. The molecule has 0 fully saturated rings. The van der Waals surface area contributed by atoms with Crippen LogP contribution in [0.5, 0.6) is 5.75 Å². The quantitative estimate of drug-likeness (QED) is 0.779. The molecule has 1 amide bonds. The van der Waals surface area contributed by atoms with Gasteiger partial charge in [-0.1, -0.05) is 48.9 Å². The number of carbonyl (C=O) groups excluding carboxylic acids is 1. The van der Waals surface area contributed by atoms with Crippen LogP contribution in [0, 0.1) is 5.92 Å². The van der Waals surface area contributed by atoms with E-state index in [-0.39, 0.29) is 18.2 Å². The summed E-state index contributed by atoms with van der Waals surface area (Å²) in [4.78, 5) is 12.3. The van der Waals surface area contributed by atoms with Crippen molar-refractivity contribution in [3.63, 3.8) is 0 Å². The second-order valence-corrected chi connectivity index (χ2v) is 6.01. The molecule has 0 bridgehead atoms. The molecule has 0 aliphatic heterocycles. The number of halogens is 3. The van der Waals surface area contributed by atoms with Crippen molar-refractivity contribution >= 4 is 17.5 Å². The van der Waals surface area contributed by atoms with Crippen LogP contribution < -0.4 is 15.8 Å². The Morgan fingerprint density at radius 1 is 1.24 bits per heavy atom. The van der Waals surface area contributed by atoms with Gasteiger partial charge >= 0.3 is 6.61 Å². The van der Waals surface area contributed by atoms with Crippen LogP contribution >= 0.6 is 11.6 Å². The standard InChI is InChI=1S/C18H19ClF2N2O2/c1-11(16(22)12-5-3-2-4-6-12)17(24)23-10-13-9-14(19)7-8-15(13)25-18(20)21/h2-9,11,16,18H,10,22H2,1H3,(H,23,24). The van der Waals surface area contributed by atoms with E-state index in [1.807, 2.05) is 30.3 Å². The molecule has 0 saturated heterocycles. The predicted octanol–water partition coefficient (Wildman–Crippen LogP) is 3.89. The van der Waals surface area contributed by atoms with Crippen LogP contribution in [-0.4, -0.2) is 12.5 Å². The molecule has 25 heavy (non-hydrogen) atoms. The number of hydrogen-bond donors (Lipinski definition) is 2. The minimum Gasteiger partial charge on any atom is -0.434 e. The average molecular weight is 369 g/mol. The van der Waals surface area contributed by atoms with Crippen LogP contribution in [0.4, 0.5) is 8.78 Å². The molecule has 2 aromatic carbocycles. The van der Waals surface area contributed by atoms with Crippen molar-refractivity contribution in [1.82, 2.24) is 5.32 Å². The molecule has 4 nitrogen and oxygen atoms in total. The van der Waals surface area contributed by atoms with E-state index in [4.69, 9.17) is 17.3 Å². The molecule has 2 atom stereocenters. The number of alkyl halides is 2. The number of carbonyl (C=O) groups is 1. The highest BCUT2D eigenvalue weighted by atomic mass is 35.5. The Hall–Kier alpha value is -2.18. The lowest BCUT2D eigenvalue weighted by molar-refractivity contribution is -0.125. The first-order valence-corrected chi connectivity index (χ1v) is 8.07. The van der Waals surface area contributed by atoms with Crippen LogP contribution in [0.1, 0.15) is 24.1 Å². The summed E-state index contributed by atoms with van der Waals surface area (Å²) in [5, 5.41) is 3.05. The van der Waals surface area contributed by atoms with Crippen molar-refractivity contribution in [2.75, 3.05) is 0 Å². The Balaban J connectivity index is 2.03. The van der Waals surface area contributed by atoms with Gasteiger partial charge in [0, 0.05) is 23.2 Å². The Bertz CT molecular complexity index is 713. The summed E-state index contributed by atoms with van der Waals surface area (Å²) in [7, 11) is 0. The number of amides is 1. The van der Waals surface area contributed by atoms with Crippen LogP contribution in [0.3, 0.4) is 0 Å². The zero-order chi connectivity index (χ0) is 18.4. The summed E-state index contributed by atoms with van der Waals surface area (Å²) in [6.07, 6.45) is 0. The van der Waals surface area contributed by atoms with Gasteiger partial charge < -0.3 is 15.8 Å². The minimum absolute atomic E-state index is 0.00724. The third-order valence-electron chi connectivity index (χ3n) is 3.83. The van der Waals surface area contributed by atoms with E-state index in [0.717, 1.165) is 5.56 Å². The largest absolute Gasteiger partial charge is 0.434 e. The van der Waals surface area contributed by atoms with E-state index in [0.29, 0.717) is 10.6 Å². The molecular formula is C18H19ClF2N2O2. The summed E-state index contributed by atoms with van der Waals surface area (Å²) >= 11 is 5.89. The second-order valence-electron chi connectivity index (χ2n) is 5.57. The van der Waals surface area contributed by atoms with Crippen molar-refractivity contribution in [2.45, 2.75) is 26.1 Å². The maximum atomic E-state index is 12.5. The molecule has 0 saturated carbocycles. The highest BCUT2D eigenvalue weighted by Gasteiger charge is 2.22. The fourth-order valence-corrected chi connectivity index (χ4v) is 2.56. The smallest absolute Gasteiger partial charge is 0.387 e. The molecule has 2 rings (SSSR count). The van der Waals surface area contributed by atoms with Crippen LogP contribution in [0.15, 0.2) is 48.5 Å². The molecule has 0 aliphatic rings. The average Bonchev–Trinajstić information content (AvgIpc) is 2.60. The molecule has 0 heterocycles. The molecule has 134 valence electrons. The van der Waals surface area contributed by atoms with E-state index in [2.05, 4.69) is 10.1 Å². The van der Waals surface area contributed by atoms with Crippen molar-refractivity contribution in [2.24, 2.45) is 11.7 Å². The van der Waals surface area contributed by atoms with Gasteiger partial charge in [0.2, 0.25) is 5.91 Å². The zero-order valence-corrected chi connectivity index (χ0v) is 14.3. The van der Waals surface area contributed by atoms with Crippen molar-refractivity contribution < 1.29 is 18.3 Å². The third-order valence-corrected chi connectivity index (χ3v) is 4.06. The van der Waals surface area contributed by atoms with Gasteiger partial charge in [0.05, 0.1) is 5.92 Å². The Labute approximate surface area is 149 Å². The van der Waals surface area contributed by atoms with Crippen molar-refractivity contribution in [3.05, 3.63) is 64.7 Å². The summed E-state index contributed by atoms with van der Waals surface area (Å²) in [5.41, 5.74) is 7.33. The fraction of sp³-hybridized carbons (Fsp3) is 0.278. The summed E-state index contributed by atoms with van der Waals surface area (Å²) in [6, 6.07) is 13.0. The lowest BCUT2D eigenvalue weighted by Gasteiger charge is -2.20. The minimum atomic E-state index is -2.96. The van der Waals surface area contributed by atoms with Crippen LogP contribution in [0.25, 0.3) is 0 Å². The number of hydrogen-bond acceptors (Lipinski definition) is 3. The molecule has 0 radical (unpaired) electrons. The molecule has 3 N–H and O–H groups in total. The summed E-state index contributed by atoms with van der Waals surface area (Å²) < 4.78 is 29.4. The van der Waals surface area contributed by atoms with E-state index < -0.39 is 18.6 Å². The fourth-order valence-electron chi connectivity index (χ4n) is 2.37. The van der Waals surface area contributed by atoms with E-state index in [1.165, 1.54) is 18.2 Å². The first kappa shape index (κ1) is 19.1. The zero-order valence-electron chi connectivity index (χ0n) is 13.6. The highest BCUT2D eigenvalue weighted by molar-refractivity contribution is 6.30. The van der Waals surface area contributed by atoms with E-state index >= 15 is 0 Å². The number of benzene rings is 2. The van der Waals surface area contributed by atoms with Gasteiger partial charge in [0.15, 0.2) is 0 Å². The monoisotopic (exact) mass is 368 g/mol. The highest BCUT2D eigenvalue weighted by Crippen LogP contribution is 2.25. The predicted molar refractivity (Wildman–Crippen MR) is 92.5 cm³/mol. The van der Waals surface area contributed by atoms with Crippen LogP contribution in [-0.2, 0) is 11.3 Å². The molecule has 0 aromatic heterocycles. The van der Waals surface area contributed by atoms with Gasteiger partial charge in [-0.2, -0.15) is 8.78 Å². The van der Waals surface area contributed by atoms with Gasteiger partial charge in [-0.05, 0) is 23.8 Å². The van der Waals surface area contributed by atoms with Gasteiger partial charge in [0.25, 0.3) is 0 Å². The lowest BCUT2D eigenvalue weighted by Crippen LogP contribution is -2.35. The van der Waals surface area contributed by atoms with E-state index in [1.54, 1.807) is 6.92 Å². The number of rotatable bonds is 7. The number of ether oxygens (including phenoxy) is 1. The lowest BCUT2D eigenvalue weighted by atomic mass is 9.94. The van der Waals surface area contributed by atoms with Crippen molar-refractivity contribution in [3.8, 4) is 5.75 Å². The molecular weight excluding hydrogens is 350 g/mol. The molecule has 0 spiro atoms. The van der Waals surface area contributed by atoms with Crippen molar-refractivity contribution in [1.29, 1.82) is 0 Å². The summed E-state index contributed by atoms with van der Waals surface area (Å²) in [6.45, 7) is -1.24. The topological polar surface area (TPSA) is 64.3 Å². The van der Waals surface area contributed by atoms with E-state index in [9.17, 15) is 13.6 Å². The first-order chi connectivity index (χ1) is 11.9. The van der Waals surface area contributed by atoms with Gasteiger partial charge in [0.1, 0.15) is 5.75 Å². The van der Waals surface area contributed by atoms with Gasteiger partial charge in [-0.25, -0.2) is 0 Å². The van der Waals surface area contributed by atoms with Crippen LogP contribution in [0.2, 0.25) is 5.02 Å². The normalized spacial score (nSPS) is 13.4. The Kier molecular flexibility index (Phi) is 6.73. The summed E-state index contributed by atoms with van der Waals surface area (Å²) in [5.74, 6) is -0.819. The number of nitrogens with one attached hydrogen (secondary N) is 1. The maximum Gasteiger partial charge on any atom is 0.387 e. The SMILES string of the molecule is CC(C(=O)NCc1cc(Cl)ccc1OC(F)F)C(N)c1ccccc1. The Morgan fingerprint density at radius 2 is 1.92 bits per heavy atom. The van der Waals surface area contributed by atoms with Gasteiger partial charge in [-0.3, -0.25) is 4.79 Å². The maximum absolute atomic E-state index is 12.5. The van der Waals surface area contributed by atoms with Gasteiger partial charge in [-0.15, -0.1) is 0 Å². The molecule has 2 aromatic rings.